The van der Waals surface area contributed by atoms with Gasteiger partial charge in [0.1, 0.15) is 11.2 Å². The fourth-order valence-electron chi connectivity index (χ4n) is 4.28. The van der Waals surface area contributed by atoms with E-state index in [9.17, 15) is 19.5 Å². The summed E-state index contributed by atoms with van der Waals surface area (Å²) >= 11 is 0. The first-order chi connectivity index (χ1) is 14.6. The smallest absolute Gasteiger partial charge is 0.328 e. The highest BCUT2D eigenvalue weighted by molar-refractivity contribution is 6.07. The number of benzene rings is 1. The molecule has 1 aromatic carbocycles. The van der Waals surface area contributed by atoms with Gasteiger partial charge in [0, 0.05) is 25.8 Å². The molecule has 3 heterocycles. The van der Waals surface area contributed by atoms with Crippen molar-refractivity contribution in [1.29, 1.82) is 0 Å². The first-order valence-corrected chi connectivity index (χ1v) is 10.1. The van der Waals surface area contributed by atoms with Crippen LogP contribution in [0.1, 0.15) is 28.9 Å². The normalized spacial score (nSPS) is 18.4. The minimum Gasteiger partial charge on any atom is -0.395 e. The second-order valence-corrected chi connectivity index (χ2v) is 7.57. The maximum atomic E-state index is 13.3. The van der Waals surface area contributed by atoms with E-state index in [1.807, 2.05) is 30.3 Å². The van der Waals surface area contributed by atoms with E-state index in [0.717, 1.165) is 10.5 Å². The molecule has 0 radical (unpaired) electrons. The molecule has 0 saturated carbocycles. The van der Waals surface area contributed by atoms with Crippen LogP contribution in [-0.2, 0) is 11.3 Å². The molecular formula is C22H24N4O4. The molecule has 4 rings (SSSR count). The fraction of sp³-hybridized carbons (Fsp3) is 0.364. The number of aliphatic hydroxyl groups is 1. The summed E-state index contributed by atoms with van der Waals surface area (Å²) in [5.74, 6) is -0.466. The number of pyridine rings is 1. The zero-order valence-corrected chi connectivity index (χ0v) is 16.6. The maximum absolute atomic E-state index is 13.3. The second-order valence-electron chi connectivity index (χ2n) is 7.57. The van der Waals surface area contributed by atoms with Gasteiger partial charge in [-0.1, -0.05) is 36.4 Å². The Labute approximate surface area is 174 Å². The Morgan fingerprint density at radius 2 is 1.73 bits per heavy atom. The topological polar surface area (TPSA) is 94.0 Å². The van der Waals surface area contributed by atoms with E-state index in [4.69, 9.17) is 0 Å². The Kier molecular flexibility index (Phi) is 5.50. The highest BCUT2D eigenvalue weighted by Gasteiger charge is 2.58. The predicted octanol–water partition coefficient (Wildman–Crippen LogP) is 1.51. The van der Waals surface area contributed by atoms with Crippen LogP contribution in [0.5, 0.6) is 0 Å². The number of nitrogens with zero attached hydrogens (tertiary/aromatic N) is 4. The third kappa shape index (κ3) is 3.43. The third-order valence-corrected chi connectivity index (χ3v) is 5.89. The molecule has 2 fully saturated rings. The first kappa shape index (κ1) is 20.0. The highest BCUT2D eigenvalue weighted by Crippen LogP contribution is 2.38. The number of carbonyl (C=O) groups is 3. The summed E-state index contributed by atoms with van der Waals surface area (Å²) in [7, 11) is 0. The molecule has 1 spiro atoms. The number of β-amino-alcohol motifs (C(OH)–C–C–N with tert-alkyl or cyclic N) is 1. The number of rotatable bonds is 5. The zero-order chi connectivity index (χ0) is 21.1. The van der Waals surface area contributed by atoms with Crippen molar-refractivity contribution >= 4 is 17.8 Å². The van der Waals surface area contributed by atoms with Crippen LogP contribution in [0.4, 0.5) is 4.79 Å². The lowest BCUT2D eigenvalue weighted by Crippen LogP contribution is -2.57. The van der Waals surface area contributed by atoms with Gasteiger partial charge in [-0.2, -0.15) is 0 Å². The van der Waals surface area contributed by atoms with E-state index in [2.05, 4.69) is 4.98 Å². The van der Waals surface area contributed by atoms with Crippen molar-refractivity contribution in [3.63, 3.8) is 0 Å². The van der Waals surface area contributed by atoms with Crippen LogP contribution in [0.2, 0.25) is 0 Å². The molecule has 0 bridgehead atoms. The minimum absolute atomic E-state index is 0.0265. The van der Waals surface area contributed by atoms with Gasteiger partial charge < -0.3 is 14.9 Å². The number of hydrogen-bond donors (Lipinski definition) is 1. The summed E-state index contributed by atoms with van der Waals surface area (Å²) in [6, 6.07) is 14.3. The van der Waals surface area contributed by atoms with Gasteiger partial charge in [-0.25, -0.2) is 4.79 Å². The van der Waals surface area contributed by atoms with Gasteiger partial charge in [-0.3, -0.25) is 19.5 Å². The van der Waals surface area contributed by atoms with Gasteiger partial charge in [0.15, 0.2) is 0 Å². The Hall–Kier alpha value is -3.26. The average molecular weight is 408 g/mol. The van der Waals surface area contributed by atoms with Gasteiger partial charge in [0.25, 0.3) is 11.8 Å². The van der Waals surface area contributed by atoms with Gasteiger partial charge in [-0.05, 0) is 30.5 Å². The van der Waals surface area contributed by atoms with E-state index >= 15 is 0 Å². The standard InChI is InChI=1S/C22H24N4O4/c27-15-14-25-20(29)22(26(21(25)30)16-17-6-2-1-3-7-17)9-12-24(13-10-22)19(28)18-8-4-5-11-23-18/h1-8,11,27H,9-10,12-16H2. The number of urea groups is 1. The van der Waals surface area contributed by atoms with Gasteiger partial charge in [0.05, 0.1) is 13.2 Å². The summed E-state index contributed by atoms with van der Waals surface area (Å²) in [4.78, 5) is 47.6. The molecule has 8 heteroatoms. The lowest BCUT2D eigenvalue weighted by atomic mass is 9.85. The van der Waals surface area contributed by atoms with E-state index < -0.39 is 5.54 Å². The van der Waals surface area contributed by atoms with E-state index in [1.54, 1.807) is 34.2 Å². The van der Waals surface area contributed by atoms with Crippen LogP contribution < -0.4 is 0 Å². The zero-order valence-electron chi connectivity index (χ0n) is 16.6. The van der Waals surface area contributed by atoms with Gasteiger partial charge in [-0.15, -0.1) is 0 Å². The molecule has 8 nitrogen and oxygen atoms in total. The number of hydrogen-bond acceptors (Lipinski definition) is 5. The van der Waals surface area contributed by atoms with Crippen LogP contribution in [0.15, 0.2) is 54.7 Å². The van der Waals surface area contributed by atoms with Crippen LogP contribution >= 0.6 is 0 Å². The van der Waals surface area contributed by atoms with Crippen molar-refractivity contribution in [2.75, 3.05) is 26.2 Å². The highest BCUT2D eigenvalue weighted by atomic mass is 16.3. The molecule has 0 aliphatic carbocycles. The number of amides is 4. The van der Waals surface area contributed by atoms with E-state index in [1.165, 1.54) is 0 Å². The van der Waals surface area contributed by atoms with Crippen LogP contribution in [0.25, 0.3) is 0 Å². The number of piperidine rings is 1. The van der Waals surface area contributed by atoms with Crippen LogP contribution in [0.3, 0.4) is 0 Å². The van der Waals surface area contributed by atoms with Crippen molar-refractivity contribution in [2.45, 2.75) is 24.9 Å². The third-order valence-electron chi connectivity index (χ3n) is 5.89. The SMILES string of the molecule is O=C(c1ccccn1)N1CCC2(CC1)C(=O)N(CCO)C(=O)N2Cc1ccccc1. The van der Waals surface area contributed by atoms with Gasteiger partial charge >= 0.3 is 6.03 Å². The number of likely N-dealkylation sites (tertiary alicyclic amines) is 1. The van der Waals surface area contributed by atoms with Crippen molar-refractivity contribution < 1.29 is 19.5 Å². The van der Waals surface area contributed by atoms with E-state index in [0.29, 0.717) is 38.2 Å². The number of aliphatic hydroxyl groups excluding tert-OH is 1. The van der Waals surface area contributed by atoms with Crippen LogP contribution in [-0.4, -0.2) is 74.4 Å². The molecule has 2 aliphatic rings. The molecule has 30 heavy (non-hydrogen) atoms. The summed E-state index contributed by atoms with van der Waals surface area (Å²) in [6.45, 7) is 0.708. The molecule has 2 saturated heterocycles. The summed E-state index contributed by atoms with van der Waals surface area (Å²) in [5, 5.41) is 9.34. The molecule has 0 unspecified atom stereocenters. The summed E-state index contributed by atoms with van der Waals surface area (Å²) < 4.78 is 0. The molecule has 4 amide bonds. The lowest BCUT2D eigenvalue weighted by molar-refractivity contribution is -0.135. The Morgan fingerprint density at radius 1 is 1.03 bits per heavy atom. The minimum atomic E-state index is -0.997. The van der Waals surface area contributed by atoms with Crippen LogP contribution in [0, 0.1) is 0 Å². The largest absolute Gasteiger partial charge is 0.395 e. The number of imide groups is 1. The predicted molar refractivity (Wildman–Crippen MR) is 108 cm³/mol. The monoisotopic (exact) mass is 408 g/mol. The summed E-state index contributed by atoms with van der Waals surface area (Å²) in [5.41, 5.74) is 0.296. The molecule has 156 valence electrons. The molecule has 2 aliphatic heterocycles. The van der Waals surface area contributed by atoms with Crippen molar-refractivity contribution in [3.8, 4) is 0 Å². The second kappa shape index (κ2) is 8.23. The Balaban J connectivity index is 1.57. The molecule has 2 aromatic rings. The Bertz CT molecular complexity index is 927. The number of carbonyl (C=O) groups excluding carboxylic acids is 3. The van der Waals surface area contributed by atoms with E-state index in [-0.39, 0.29) is 31.0 Å². The lowest BCUT2D eigenvalue weighted by Gasteiger charge is -2.42. The number of aromatic nitrogens is 1. The Morgan fingerprint density at radius 3 is 2.37 bits per heavy atom. The van der Waals surface area contributed by atoms with Crippen molar-refractivity contribution in [2.24, 2.45) is 0 Å². The molecule has 1 N–H and O–H groups in total. The maximum Gasteiger partial charge on any atom is 0.328 e. The molecular weight excluding hydrogens is 384 g/mol. The summed E-state index contributed by atoms with van der Waals surface area (Å²) in [6.07, 6.45) is 2.28. The first-order valence-electron chi connectivity index (χ1n) is 10.1. The van der Waals surface area contributed by atoms with Crippen molar-refractivity contribution in [1.82, 2.24) is 19.7 Å². The quantitative estimate of drug-likeness (QED) is 0.757. The fourth-order valence-corrected chi connectivity index (χ4v) is 4.28. The van der Waals surface area contributed by atoms with Gasteiger partial charge in [0.2, 0.25) is 0 Å². The average Bonchev–Trinajstić information content (AvgIpc) is 2.97. The van der Waals surface area contributed by atoms with Crippen molar-refractivity contribution in [3.05, 3.63) is 66.0 Å². The molecule has 0 atom stereocenters. The molecule has 1 aromatic heterocycles.